The Labute approximate surface area is 272 Å². The van der Waals surface area contributed by atoms with E-state index in [1.807, 2.05) is 66.7 Å². The molecule has 0 aromatic heterocycles. The molecule has 2 aliphatic heterocycles. The topological polar surface area (TPSA) is 94.7 Å². The SMILES string of the molecule is CC.CC.CC.COC1=CNC(C(F)F)C=C1c1cc(C(/C=C\C=O)=C/N(C)C)ccc1C(=O)NC1NNC(C#CC2CC2)S1. The van der Waals surface area contributed by atoms with Gasteiger partial charge in [0.2, 0.25) is 0 Å². The number of thioether (sulfide) groups is 1. The molecule has 8 nitrogen and oxygen atoms in total. The first kappa shape index (κ1) is 39.4. The van der Waals surface area contributed by atoms with E-state index < -0.39 is 23.9 Å². The fraction of sp³-hybridized carbons (Fsp3) is 0.471. The quantitative estimate of drug-likeness (QED) is 0.110. The number of methoxy groups -OCH3 is 1. The monoisotopic (exact) mass is 645 g/mol. The largest absolute Gasteiger partial charge is 0.495 e. The molecule has 1 saturated heterocycles. The van der Waals surface area contributed by atoms with Crippen molar-refractivity contribution >= 4 is 35.1 Å². The molecule has 4 rings (SSSR count). The Bertz CT molecular complexity index is 1280. The minimum absolute atomic E-state index is 0.164. The summed E-state index contributed by atoms with van der Waals surface area (Å²) in [5, 5.41) is 5.40. The van der Waals surface area contributed by atoms with Crippen LogP contribution >= 0.6 is 11.8 Å². The molecule has 4 N–H and O–H groups in total. The van der Waals surface area contributed by atoms with Crippen LogP contribution in [-0.2, 0) is 9.53 Å². The fourth-order valence-electron chi connectivity index (χ4n) is 3.99. The number of carbonyl (C=O) groups is 2. The van der Waals surface area contributed by atoms with Crippen LogP contribution in [0.15, 0.2) is 54.6 Å². The van der Waals surface area contributed by atoms with E-state index in [4.69, 9.17) is 4.74 Å². The van der Waals surface area contributed by atoms with Gasteiger partial charge in [0.15, 0.2) is 0 Å². The van der Waals surface area contributed by atoms with Gasteiger partial charge in [-0.1, -0.05) is 71.2 Å². The number of nitrogens with one attached hydrogen (secondary N) is 4. The third kappa shape index (κ3) is 12.4. The molecule has 3 aliphatic rings. The van der Waals surface area contributed by atoms with Crippen LogP contribution in [0.5, 0.6) is 0 Å². The van der Waals surface area contributed by atoms with E-state index in [0.717, 1.165) is 12.8 Å². The number of dihydropyridines is 1. The van der Waals surface area contributed by atoms with Gasteiger partial charge >= 0.3 is 0 Å². The van der Waals surface area contributed by atoms with Crippen LogP contribution in [0.25, 0.3) is 11.1 Å². The van der Waals surface area contributed by atoms with Crippen LogP contribution in [0.1, 0.15) is 75.9 Å². The number of hydrogen-bond acceptors (Lipinski definition) is 8. The molecule has 0 spiro atoms. The van der Waals surface area contributed by atoms with Gasteiger partial charge in [0.25, 0.3) is 12.3 Å². The lowest BCUT2D eigenvalue weighted by atomic mass is 9.91. The maximum atomic E-state index is 13.7. The van der Waals surface area contributed by atoms with Crippen molar-refractivity contribution in [2.75, 3.05) is 21.2 Å². The van der Waals surface area contributed by atoms with Gasteiger partial charge in [-0.15, -0.1) is 0 Å². The molecule has 11 heteroatoms. The molecule has 1 saturated carbocycles. The van der Waals surface area contributed by atoms with Gasteiger partial charge in [0, 0.05) is 43.5 Å². The summed E-state index contributed by atoms with van der Waals surface area (Å²) in [4.78, 5) is 26.4. The van der Waals surface area contributed by atoms with Crippen LogP contribution in [0.2, 0.25) is 0 Å². The third-order valence-electron chi connectivity index (χ3n) is 6.03. The minimum Gasteiger partial charge on any atom is -0.495 e. The van der Waals surface area contributed by atoms with Crippen LogP contribution in [0, 0.1) is 17.8 Å². The van der Waals surface area contributed by atoms with Crippen molar-refractivity contribution in [2.24, 2.45) is 5.92 Å². The number of nitrogens with zero attached hydrogens (tertiary/aromatic N) is 1. The molecular weight excluding hydrogens is 596 g/mol. The second kappa shape index (κ2) is 21.2. The second-order valence-corrected chi connectivity index (χ2v) is 10.6. The molecule has 1 aliphatic carbocycles. The molecule has 1 aromatic carbocycles. The highest BCUT2D eigenvalue weighted by Crippen LogP contribution is 2.33. The number of amides is 1. The highest BCUT2D eigenvalue weighted by molar-refractivity contribution is 8.00. The Balaban J connectivity index is 0.00000159. The summed E-state index contributed by atoms with van der Waals surface area (Å²) in [5.74, 6) is 6.75. The van der Waals surface area contributed by atoms with Crippen LogP contribution in [0.3, 0.4) is 0 Å². The molecule has 1 amide bonds. The summed E-state index contributed by atoms with van der Waals surface area (Å²) >= 11 is 1.43. The normalized spacial score (nSPS) is 20.3. The molecule has 0 radical (unpaired) electrons. The first-order chi connectivity index (χ1) is 21.8. The number of hydrogen-bond donors (Lipinski definition) is 4. The number of halogens is 2. The lowest BCUT2D eigenvalue weighted by molar-refractivity contribution is -0.104. The number of aldehydes is 1. The molecule has 1 aromatic rings. The molecule has 2 fully saturated rings. The molecule has 3 unspecified atom stereocenters. The maximum Gasteiger partial charge on any atom is 0.261 e. The highest BCUT2D eigenvalue weighted by atomic mass is 32.2. The summed E-state index contributed by atoms with van der Waals surface area (Å²) in [7, 11) is 5.12. The van der Waals surface area contributed by atoms with E-state index in [1.165, 1.54) is 37.2 Å². The highest BCUT2D eigenvalue weighted by Gasteiger charge is 2.29. The predicted molar refractivity (Wildman–Crippen MR) is 183 cm³/mol. The number of ether oxygens (including phenoxy) is 1. The van der Waals surface area contributed by atoms with Crippen molar-refractivity contribution in [1.29, 1.82) is 0 Å². The smallest absolute Gasteiger partial charge is 0.261 e. The average Bonchev–Trinajstić information content (AvgIpc) is 3.80. The number of hydrazine groups is 1. The van der Waals surface area contributed by atoms with Crippen LogP contribution in [0.4, 0.5) is 8.78 Å². The standard InChI is InChI=1S/C28H31F2N5O3S.3C2H6/c1-35(2)16-19(5-4-12-36)18-9-10-20(21(13-18)22-14-23(26(29)30)31-15-24(22)38-3)27(37)32-28-34-33-25(39-28)11-8-17-6-7-17;3*1-2/h4-5,9-10,12-17,23,25-26,28,31,33-34H,6-7H2,1-3H3,(H,32,37);3*1-2H3/b5-4-,19-16+;;;. The molecule has 45 heavy (non-hydrogen) atoms. The van der Waals surface area contributed by atoms with Crippen molar-refractivity contribution < 1.29 is 23.1 Å². The number of carbonyl (C=O) groups excluding carboxylic acids is 2. The fourth-order valence-corrected chi connectivity index (χ4v) is 4.85. The van der Waals surface area contributed by atoms with Crippen molar-refractivity contribution in [2.45, 2.75) is 77.7 Å². The summed E-state index contributed by atoms with van der Waals surface area (Å²) in [6, 6.07) is 3.88. The van der Waals surface area contributed by atoms with E-state index in [9.17, 15) is 18.4 Å². The summed E-state index contributed by atoms with van der Waals surface area (Å²) < 4.78 is 32.8. The second-order valence-electron chi connectivity index (χ2n) is 9.34. The van der Waals surface area contributed by atoms with Gasteiger partial charge in [-0.05, 0) is 59.9 Å². The molecule has 248 valence electrons. The summed E-state index contributed by atoms with van der Waals surface area (Å²) in [5.41, 5.74) is 8.07. The Kier molecular flexibility index (Phi) is 18.6. The van der Waals surface area contributed by atoms with Crippen molar-refractivity contribution in [3.63, 3.8) is 0 Å². The van der Waals surface area contributed by atoms with E-state index in [2.05, 4.69) is 33.3 Å². The number of rotatable bonds is 9. The van der Waals surface area contributed by atoms with Gasteiger partial charge < -0.3 is 20.3 Å². The molecular formula is C34H49F2N5O3S. The Morgan fingerprint density at radius 1 is 1.11 bits per heavy atom. The average molecular weight is 646 g/mol. The number of benzene rings is 1. The van der Waals surface area contributed by atoms with E-state index in [1.54, 1.807) is 24.3 Å². The Hall–Kier alpha value is -3.59. The zero-order chi connectivity index (χ0) is 33.9. The van der Waals surface area contributed by atoms with E-state index in [0.29, 0.717) is 40.2 Å². The van der Waals surface area contributed by atoms with Crippen molar-refractivity contribution in [1.82, 2.24) is 26.4 Å². The number of allylic oxidation sites excluding steroid dienone is 4. The van der Waals surface area contributed by atoms with Gasteiger partial charge in [0.1, 0.15) is 29.0 Å². The van der Waals surface area contributed by atoms with Gasteiger partial charge in [0.05, 0.1) is 7.11 Å². The molecule has 3 atom stereocenters. The lowest BCUT2D eigenvalue weighted by Gasteiger charge is -2.24. The first-order valence-corrected chi connectivity index (χ1v) is 16.4. The number of alkyl halides is 2. The summed E-state index contributed by atoms with van der Waals surface area (Å²) in [6.07, 6.45) is 7.83. The minimum atomic E-state index is -2.67. The third-order valence-corrected chi connectivity index (χ3v) is 7.04. The molecule has 2 heterocycles. The summed E-state index contributed by atoms with van der Waals surface area (Å²) in [6.45, 7) is 12.0. The van der Waals surface area contributed by atoms with Gasteiger partial charge in [-0.2, -0.15) is 0 Å². The van der Waals surface area contributed by atoms with Crippen LogP contribution < -0.4 is 21.5 Å². The zero-order valence-electron chi connectivity index (χ0n) is 27.8. The zero-order valence-corrected chi connectivity index (χ0v) is 28.6. The van der Waals surface area contributed by atoms with Gasteiger partial charge in [-0.25, -0.2) is 19.6 Å². The maximum absolute atomic E-state index is 13.7. The van der Waals surface area contributed by atoms with E-state index in [-0.39, 0.29) is 10.9 Å². The van der Waals surface area contributed by atoms with Gasteiger partial charge in [-0.3, -0.25) is 9.59 Å². The first-order valence-electron chi connectivity index (χ1n) is 15.4. The Morgan fingerprint density at radius 2 is 1.80 bits per heavy atom. The predicted octanol–water partition coefficient (Wildman–Crippen LogP) is 6.12. The van der Waals surface area contributed by atoms with E-state index >= 15 is 0 Å². The van der Waals surface area contributed by atoms with Crippen LogP contribution in [-0.4, -0.2) is 61.6 Å². The lowest BCUT2D eigenvalue weighted by Crippen LogP contribution is -2.43. The van der Waals surface area contributed by atoms with Crippen molar-refractivity contribution in [3.05, 3.63) is 71.3 Å². The molecule has 0 bridgehead atoms. The van der Waals surface area contributed by atoms with Crippen molar-refractivity contribution in [3.8, 4) is 11.8 Å². The Morgan fingerprint density at radius 3 is 2.38 bits per heavy atom.